The molecule has 1 heterocycles. The summed E-state index contributed by atoms with van der Waals surface area (Å²) in [5.74, 6) is 0. The summed E-state index contributed by atoms with van der Waals surface area (Å²) in [6, 6.07) is 3.82. The second-order valence-electron chi connectivity index (χ2n) is 2.83. The minimum absolute atomic E-state index is 0.927. The van der Waals surface area contributed by atoms with Gasteiger partial charge in [0.15, 0.2) is 0 Å². The highest BCUT2D eigenvalue weighted by Gasteiger charge is 1.94. The highest BCUT2D eigenvalue weighted by atomic mass is 15.4. The zero-order chi connectivity index (χ0) is 9.68. The molecule has 0 aliphatic heterocycles. The maximum absolute atomic E-state index is 4.16. The van der Waals surface area contributed by atoms with Gasteiger partial charge in [-0.3, -0.25) is 9.99 Å². The second-order valence-corrected chi connectivity index (χ2v) is 2.83. The average Bonchev–Trinajstić information content (AvgIpc) is 2.15. The summed E-state index contributed by atoms with van der Waals surface area (Å²) < 4.78 is 0. The van der Waals surface area contributed by atoms with Gasteiger partial charge in [-0.25, -0.2) is 0 Å². The van der Waals surface area contributed by atoms with E-state index < -0.39 is 0 Å². The van der Waals surface area contributed by atoms with Crippen molar-refractivity contribution in [1.82, 2.24) is 4.98 Å². The minimum Gasteiger partial charge on any atom is -0.267 e. The van der Waals surface area contributed by atoms with Gasteiger partial charge in [-0.15, -0.1) is 0 Å². The largest absolute Gasteiger partial charge is 0.267 e. The molecular weight excluding hydrogens is 162 g/mol. The topological polar surface area (TPSA) is 28.5 Å². The van der Waals surface area contributed by atoms with E-state index in [1.165, 1.54) is 0 Å². The Labute approximate surface area is 78.4 Å². The number of hydrogen-bond donors (Lipinski definition) is 0. The van der Waals surface area contributed by atoms with Crippen molar-refractivity contribution in [2.75, 3.05) is 12.1 Å². The van der Waals surface area contributed by atoms with E-state index in [1.54, 1.807) is 23.6 Å². The van der Waals surface area contributed by atoms with Crippen LogP contribution in [0.2, 0.25) is 0 Å². The molecule has 0 bridgehead atoms. The zero-order valence-corrected chi connectivity index (χ0v) is 7.94. The fraction of sp³-hybridized carbons (Fsp3) is 0.200. The number of nitrogens with zero attached hydrogens (tertiary/aromatic N) is 3. The van der Waals surface area contributed by atoms with Crippen LogP contribution in [-0.2, 0) is 0 Å². The molecule has 3 nitrogen and oxygen atoms in total. The highest BCUT2D eigenvalue weighted by molar-refractivity contribution is 5.77. The summed E-state index contributed by atoms with van der Waals surface area (Å²) in [6.07, 6.45) is 5.21. The van der Waals surface area contributed by atoms with E-state index in [0.29, 0.717) is 0 Å². The van der Waals surface area contributed by atoms with E-state index in [-0.39, 0.29) is 0 Å². The lowest BCUT2D eigenvalue weighted by Crippen LogP contribution is -2.08. The molecule has 0 fully saturated rings. The molecule has 0 aromatic carbocycles. The van der Waals surface area contributed by atoms with Crippen LogP contribution in [0.1, 0.15) is 6.92 Å². The Balaban J connectivity index is 2.69. The molecule has 1 rings (SSSR count). The SMILES string of the molecule is C=C(C)/C=N\N(C)c1cccnc1. The molecule has 68 valence electrons. The summed E-state index contributed by atoms with van der Waals surface area (Å²) in [7, 11) is 1.87. The molecule has 0 aliphatic carbocycles. The van der Waals surface area contributed by atoms with Crippen LogP contribution < -0.4 is 5.01 Å². The normalized spacial score (nSPS) is 10.3. The van der Waals surface area contributed by atoms with Crippen LogP contribution in [0, 0.1) is 0 Å². The maximum Gasteiger partial charge on any atom is 0.0773 e. The van der Waals surface area contributed by atoms with Crippen molar-refractivity contribution in [1.29, 1.82) is 0 Å². The second kappa shape index (κ2) is 4.40. The van der Waals surface area contributed by atoms with Gasteiger partial charge < -0.3 is 0 Å². The van der Waals surface area contributed by atoms with E-state index >= 15 is 0 Å². The van der Waals surface area contributed by atoms with Gasteiger partial charge in [-0.2, -0.15) is 5.10 Å². The van der Waals surface area contributed by atoms with Gasteiger partial charge >= 0.3 is 0 Å². The van der Waals surface area contributed by atoms with E-state index in [9.17, 15) is 0 Å². The van der Waals surface area contributed by atoms with Crippen molar-refractivity contribution in [3.05, 3.63) is 36.7 Å². The summed E-state index contributed by atoms with van der Waals surface area (Å²) in [5, 5.41) is 5.91. The van der Waals surface area contributed by atoms with Crippen molar-refractivity contribution in [3.8, 4) is 0 Å². The van der Waals surface area contributed by atoms with Gasteiger partial charge in [-0.05, 0) is 24.6 Å². The first-order valence-electron chi connectivity index (χ1n) is 4.03. The van der Waals surface area contributed by atoms with Crippen LogP contribution in [-0.4, -0.2) is 18.2 Å². The maximum atomic E-state index is 4.16. The molecule has 0 unspecified atom stereocenters. The first-order valence-corrected chi connectivity index (χ1v) is 4.03. The lowest BCUT2D eigenvalue weighted by Gasteiger charge is -2.11. The lowest BCUT2D eigenvalue weighted by molar-refractivity contribution is 1.01. The number of pyridine rings is 1. The van der Waals surface area contributed by atoms with Gasteiger partial charge in [0, 0.05) is 19.5 Å². The third-order valence-corrected chi connectivity index (χ3v) is 1.47. The van der Waals surface area contributed by atoms with Gasteiger partial charge in [0.1, 0.15) is 0 Å². The number of allylic oxidation sites excluding steroid dienone is 1. The van der Waals surface area contributed by atoms with Gasteiger partial charge in [0.2, 0.25) is 0 Å². The van der Waals surface area contributed by atoms with E-state index in [4.69, 9.17) is 0 Å². The smallest absolute Gasteiger partial charge is 0.0773 e. The lowest BCUT2D eigenvalue weighted by atomic mass is 10.4. The van der Waals surface area contributed by atoms with E-state index in [1.807, 2.05) is 26.1 Å². The van der Waals surface area contributed by atoms with Crippen molar-refractivity contribution >= 4 is 11.9 Å². The quantitative estimate of drug-likeness (QED) is 0.519. The molecule has 0 spiro atoms. The number of rotatable bonds is 3. The third-order valence-electron chi connectivity index (χ3n) is 1.47. The molecule has 0 radical (unpaired) electrons. The van der Waals surface area contributed by atoms with Gasteiger partial charge in [0.25, 0.3) is 0 Å². The number of hydrazone groups is 1. The average molecular weight is 175 g/mol. The molecule has 1 aromatic rings. The summed E-state index contributed by atoms with van der Waals surface area (Å²) in [6.45, 7) is 5.63. The van der Waals surface area contributed by atoms with Crippen LogP contribution >= 0.6 is 0 Å². The van der Waals surface area contributed by atoms with E-state index in [0.717, 1.165) is 11.3 Å². The molecule has 1 aromatic heterocycles. The van der Waals surface area contributed by atoms with Crippen molar-refractivity contribution < 1.29 is 0 Å². The molecule has 13 heavy (non-hydrogen) atoms. The van der Waals surface area contributed by atoms with Gasteiger partial charge in [0.05, 0.1) is 11.9 Å². The number of anilines is 1. The third kappa shape index (κ3) is 3.07. The molecule has 0 atom stereocenters. The van der Waals surface area contributed by atoms with Crippen LogP contribution in [0.25, 0.3) is 0 Å². The number of aromatic nitrogens is 1. The summed E-state index contributed by atoms with van der Waals surface area (Å²) >= 11 is 0. The van der Waals surface area contributed by atoms with Crippen LogP contribution in [0.3, 0.4) is 0 Å². The predicted molar refractivity (Wildman–Crippen MR) is 55.9 cm³/mol. The zero-order valence-electron chi connectivity index (χ0n) is 7.94. The fourth-order valence-corrected chi connectivity index (χ4v) is 0.797. The van der Waals surface area contributed by atoms with Crippen molar-refractivity contribution in [2.24, 2.45) is 5.10 Å². The van der Waals surface area contributed by atoms with E-state index in [2.05, 4.69) is 16.7 Å². The Bertz CT molecular complexity index is 303. The van der Waals surface area contributed by atoms with Crippen LogP contribution in [0.15, 0.2) is 41.8 Å². The molecule has 0 aliphatic rings. The Morgan fingerprint density at radius 1 is 1.69 bits per heavy atom. The van der Waals surface area contributed by atoms with Crippen molar-refractivity contribution in [2.45, 2.75) is 6.92 Å². The summed E-state index contributed by atoms with van der Waals surface area (Å²) in [4.78, 5) is 3.99. The molecule has 3 heteroatoms. The molecule has 0 amide bonds. The van der Waals surface area contributed by atoms with Crippen molar-refractivity contribution in [3.63, 3.8) is 0 Å². The molecular formula is C10H13N3. The predicted octanol–water partition coefficient (Wildman–Crippen LogP) is 2.08. The first kappa shape index (κ1) is 9.45. The summed E-state index contributed by atoms with van der Waals surface area (Å²) in [5.41, 5.74) is 1.88. The fourth-order valence-electron chi connectivity index (χ4n) is 0.797. The Morgan fingerprint density at radius 3 is 3.00 bits per heavy atom. The minimum atomic E-state index is 0.927. The molecule has 0 saturated heterocycles. The monoisotopic (exact) mass is 175 g/mol. The Hall–Kier alpha value is -1.64. The molecule has 0 saturated carbocycles. The number of hydrogen-bond acceptors (Lipinski definition) is 3. The Morgan fingerprint density at radius 2 is 2.46 bits per heavy atom. The van der Waals surface area contributed by atoms with Crippen LogP contribution in [0.5, 0.6) is 0 Å². The standard InChI is InChI=1S/C10H13N3/c1-9(2)7-12-13(3)10-5-4-6-11-8-10/h4-8H,1H2,2-3H3/b12-7-. The highest BCUT2D eigenvalue weighted by Crippen LogP contribution is 2.08. The molecule has 0 N–H and O–H groups in total. The van der Waals surface area contributed by atoms with Crippen LogP contribution in [0.4, 0.5) is 5.69 Å². The first-order chi connectivity index (χ1) is 6.20. The van der Waals surface area contributed by atoms with Gasteiger partial charge in [-0.1, -0.05) is 6.58 Å². The Kier molecular flexibility index (Phi) is 3.20.